The van der Waals surface area contributed by atoms with Gasteiger partial charge in [0.25, 0.3) is 5.91 Å². The van der Waals surface area contributed by atoms with Gasteiger partial charge < -0.3 is 9.73 Å². The van der Waals surface area contributed by atoms with Gasteiger partial charge in [-0.05, 0) is 35.9 Å². The summed E-state index contributed by atoms with van der Waals surface area (Å²) in [6, 6.07) is 18.8. The maximum absolute atomic E-state index is 13.2. The molecule has 0 unspecified atom stereocenters. The average molecular weight is 470 g/mol. The largest absolute Gasteiger partial charge is 0.456 e. The van der Waals surface area contributed by atoms with E-state index in [9.17, 15) is 18.0 Å². The zero-order chi connectivity index (χ0) is 23.3. The molecule has 2 aromatic carbocycles. The highest BCUT2D eigenvalue weighted by Crippen LogP contribution is 2.40. The van der Waals surface area contributed by atoms with Gasteiger partial charge in [0.05, 0.1) is 21.8 Å². The molecule has 0 saturated carbocycles. The predicted octanol–water partition coefficient (Wildman–Crippen LogP) is 6.86. The second kappa shape index (κ2) is 7.67. The van der Waals surface area contributed by atoms with Gasteiger partial charge in [-0.15, -0.1) is 0 Å². The van der Waals surface area contributed by atoms with E-state index in [-0.39, 0.29) is 22.4 Å². The first kappa shape index (κ1) is 21.1. The lowest BCUT2D eigenvalue weighted by Gasteiger charge is -2.10. The van der Waals surface area contributed by atoms with Crippen molar-refractivity contribution in [2.45, 2.75) is 6.18 Å². The predicted molar refractivity (Wildman–Crippen MR) is 119 cm³/mol. The summed E-state index contributed by atoms with van der Waals surface area (Å²) < 4.78 is 46.1. The van der Waals surface area contributed by atoms with E-state index in [1.165, 1.54) is 7.05 Å². The molecular weight excluding hydrogens is 455 g/mol. The number of alkyl halides is 3. The number of nitrogens with zero attached hydrogens (tertiary/aromatic N) is 2. The number of fused-ring (bicyclic) bond motifs is 2. The van der Waals surface area contributed by atoms with E-state index in [2.05, 4.69) is 10.4 Å². The maximum Gasteiger partial charge on any atom is 0.435 e. The fourth-order valence-electron chi connectivity index (χ4n) is 3.81. The average Bonchev–Trinajstić information content (AvgIpc) is 3.48. The normalized spacial score (nSPS) is 11.9. The first-order valence-electron chi connectivity index (χ1n) is 9.85. The lowest BCUT2D eigenvalue weighted by molar-refractivity contribution is -0.141. The third kappa shape index (κ3) is 3.72. The molecule has 0 saturated heterocycles. The number of rotatable bonds is 4. The molecule has 5 rings (SSSR count). The van der Waals surface area contributed by atoms with Crippen molar-refractivity contribution in [2.24, 2.45) is 7.05 Å². The fraction of sp³-hybridized carbons (Fsp3) is 0.0833. The Morgan fingerprint density at radius 2 is 1.76 bits per heavy atom. The quantitative estimate of drug-likeness (QED) is 0.312. The molecule has 0 aliphatic heterocycles. The Kier molecular flexibility index (Phi) is 4.90. The van der Waals surface area contributed by atoms with Crippen molar-refractivity contribution in [3.05, 3.63) is 83.0 Å². The molecule has 2 bridgehead atoms. The van der Waals surface area contributed by atoms with Crippen LogP contribution in [0.25, 0.3) is 33.6 Å². The molecular formula is C24H15ClF3N3O2. The minimum Gasteiger partial charge on any atom is -0.456 e. The molecule has 5 nitrogen and oxygen atoms in total. The van der Waals surface area contributed by atoms with Crippen molar-refractivity contribution in [1.29, 1.82) is 0 Å². The summed E-state index contributed by atoms with van der Waals surface area (Å²) in [7, 11) is 1.39. The van der Waals surface area contributed by atoms with Gasteiger partial charge in [0, 0.05) is 18.3 Å². The smallest absolute Gasteiger partial charge is 0.435 e. The van der Waals surface area contributed by atoms with Gasteiger partial charge in [0.2, 0.25) is 0 Å². The molecule has 0 atom stereocenters. The molecule has 33 heavy (non-hydrogen) atoms. The van der Waals surface area contributed by atoms with Crippen LogP contribution in [0.5, 0.6) is 0 Å². The number of hydrogen-bond donors (Lipinski definition) is 1. The minimum absolute atomic E-state index is 0.124. The molecule has 1 amide bonds. The number of halogens is 4. The van der Waals surface area contributed by atoms with Crippen LogP contribution in [0.3, 0.4) is 0 Å². The van der Waals surface area contributed by atoms with E-state index in [0.29, 0.717) is 16.3 Å². The van der Waals surface area contributed by atoms with E-state index >= 15 is 0 Å². The summed E-state index contributed by atoms with van der Waals surface area (Å²) in [6.07, 6.45) is -4.61. The summed E-state index contributed by atoms with van der Waals surface area (Å²) in [5.41, 5.74) is 2.20. The third-order valence-corrected chi connectivity index (χ3v) is 5.63. The first-order valence-corrected chi connectivity index (χ1v) is 10.2. The first-order chi connectivity index (χ1) is 15.7. The fourth-order valence-corrected chi connectivity index (χ4v) is 4.10. The number of hydrogen-bond acceptors (Lipinski definition) is 3. The number of aromatic nitrogens is 2. The van der Waals surface area contributed by atoms with Crippen molar-refractivity contribution in [3.8, 4) is 22.4 Å². The van der Waals surface area contributed by atoms with Crippen molar-refractivity contribution >= 4 is 34.4 Å². The highest BCUT2D eigenvalue weighted by Gasteiger charge is 2.36. The molecule has 0 fully saturated rings. The van der Waals surface area contributed by atoms with Crippen molar-refractivity contribution in [1.82, 2.24) is 9.78 Å². The SMILES string of the molecule is Cn1nc(C(F)(F)F)cc1-c1c(C(=O)Nc2ccc(-c3ccccc3)c(Cl)c2)c2ccc1o2. The Hall–Kier alpha value is -3.78. The second-order valence-electron chi connectivity index (χ2n) is 7.46. The molecule has 9 heteroatoms. The van der Waals surface area contributed by atoms with Gasteiger partial charge in [0.1, 0.15) is 11.2 Å². The topological polar surface area (TPSA) is 60.1 Å². The molecule has 0 aliphatic rings. The van der Waals surface area contributed by atoms with E-state index < -0.39 is 17.8 Å². The summed E-state index contributed by atoms with van der Waals surface area (Å²) in [6.45, 7) is 0. The third-order valence-electron chi connectivity index (χ3n) is 5.31. The van der Waals surface area contributed by atoms with Gasteiger partial charge in [-0.3, -0.25) is 9.48 Å². The molecule has 0 radical (unpaired) electrons. The molecule has 0 spiro atoms. The number of amides is 1. The number of carbonyl (C=O) groups is 1. The molecule has 3 aromatic heterocycles. The molecule has 1 N–H and O–H groups in total. The molecule has 3 heterocycles. The zero-order valence-electron chi connectivity index (χ0n) is 17.1. The van der Waals surface area contributed by atoms with Crippen LogP contribution in [-0.2, 0) is 13.2 Å². The van der Waals surface area contributed by atoms with Crippen molar-refractivity contribution < 1.29 is 22.4 Å². The van der Waals surface area contributed by atoms with E-state index in [4.69, 9.17) is 16.0 Å². The van der Waals surface area contributed by atoms with Crippen molar-refractivity contribution in [3.63, 3.8) is 0 Å². The number of anilines is 1. The van der Waals surface area contributed by atoms with Crippen LogP contribution >= 0.6 is 11.6 Å². The van der Waals surface area contributed by atoms with Crippen LogP contribution in [0.15, 0.2) is 71.1 Å². The number of benzene rings is 3. The van der Waals surface area contributed by atoms with E-state index in [0.717, 1.165) is 21.9 Å². The summed E-state index contributed by atoms with van der Waals surface area (Å²) >= 11 is 6.43. The number of aryl methyl sites for hydroxylation is 1. The van der Waals surface area contributed by atoms with Gasteiger partial charge >= 0.3 is 6.18 Å². The number of nitrogens with one attached hydrogen (secondary N) is 1. The number of furan rings is 2. The van der Waals surface area contributed by atoms with Gasteiger partial charge in [-0.25, -0.2) is 0 Å². The Bertz CT molecular complexity index is 1470. The van der Waals surface area contributed by atoms with Crippen molar-refractivity contribution in [2.75, 3.05) is 5.32 Å². The Labute approximate surface area is 190 Å². The van der Waals surface area contributed by atoms with Gasteiger partial charge in [-0.1, -0.05) is 48.0 Å². The highest BCUT2D eigenvalue weighted by atomic mass is 35.5. The molecule has 0 aliphatic carbocycles. The van der Waals surface area contributed by atoms with Crippen LogP contribution in [0.2, 0.25) is 5.02 Å². The maximum atomic E-state index is 13.2. The Morgan fingerprint density at radius 1 is 1.03 bits per heavy atom. The van der Waals surface area contributed by atoms with Crippen LogP contribution in [0.4, 0.5) is 18.9 Å². The van der Waals surface area contributed by atoms with Crippen LogP contribution in [0, 0.1) is 0 Å². The highest BCUT2D eigenvalue weighted by molar-refractivity contribution is 6.33. The summed E-state index contributed by atoms with van der Waals surface area (Å²) in [5.74, 6) is -0.530. The van der Waals surface area contributed by atoms with E-state index in [1.807, 2.05) is 30.3 Å². The monoisotopic (exact) mass is 469 g/mol. The summed E-state index contributed by atoms with van der Waals surface area (Å²) in [4.78, 5) is 13.2. The van der Waals surface area contributed by atoms with Gasteiger partial charge in [-0.2, -0.15) is 18.3 Å². The lowest BCUT2D eigenvalue weighted by Crippen LogP contribution is -2.13. The van der Waals surface area contributed by atoms with Gasteiger partial charge in [0.15, 0.2) is 5.69 Å². The lowest BCUT2D eigenvalue weighted by atomic mass is 10.0. The standard InChI is InChI=1S/C24H15ClF3N3O2/c1-31-17(12-20(30-31)24(26,27)28)21-18-9-10-19(33-18)22(21)23(32)29-14-7-8-15(16(25)11-14)13-5-3-2-4-6-13/h2-12H,1H3,(H,29,32). The molecule has 5 aromatic rings. The molecule has 166 valence electrons. The van der Waals surface area contributed by atoms with Crippen LogP contribution in [-0.4, -0.2) is 15.7 Å². The summed E-state index contributed by atoms with van der Waals surface area (Å²) in [5, 5.41) is 6.75. The Morgan fingerprint density at radius 3 is 2.42 bits per heavy atom. The zero-order valence-corrected chi connectivity index (χ0v) is 17.8. The number of carbonyl (C=O) groups excluding carboxylic acids is 1. The van der Waals surface area contributed by atoms with Crippen LogP contribution in [0.1, 0.15) is 16.1 Å². The van der Waals surface area contributed by atoms with Crippen LogP contribution < -0.4 is 5.32 Å². The second-order valence-corrected chi connectivity index (χ2v) is 7.87. The van der Waals surface area contributed by atoms with E-state index in [1.54, 1.807) is 30.3 Å². The minimum atomic E-state index is -4.61. The Balaban J connectivity index is 1.49.